The fraction of sp³-hybridized carbons (Fsp3) is 0.367. The lowest BCUT2D eigenvalue weighted by Crippen LogP contribution is -2.36. The average Bonchev–Trinajstić information content (AvgIpc) is 2.97. The zero-order valence-electron chi connectivity index (χ0n) is 23.6. The monoisotopic (exact) mass is 578 g/mol. The molecular weight excluding hydrogens is 540 g/mol. The van der Waals surface area contributed by atoms with Crippen LogP contribution in [0.4, 0.5) is 28.8 Å². The predicted molar refractivity (Wildman–Crippen MR) is 164 cm³/mol. The van der Waals surface area contributed by atoms with Crippen LogP contribution >= 0.6 is 0 Å². The Balaban J connectivity index is 1.38. The number of hydrogen-bond donors (Lipinski definition) is 3. The maximum atomic E-state index is 12.4. The van der Waals surface area contributed by atoms with Crippen LogP contribution in [0.1, 0.15) is 18.4 Å². The summed E-state index contributed by atoms with van der Waals surface area (Å²) in [4.78, 5) is 24.1. The Morgan fingerprint density at radius 1 is 1.10 bits per heavy atom. The lowest BCUT2D eigenvalue weighted by atomic mass is 10.1. The van der Waals surface area contributed by atoms with E-state index in [1.165, 1.54) is 5.56 Å². The first-order valence-electron chi connectivity index (χ1n) is 13.7. The molecule has 10 nitrogen and oxygen atoms in total. The molecule has 0 radical (unpaired) electrons. The zero-order chi connectivity index (χ0) is 28.9. The van der Waals surface area contributed by atoms with Crippen molar-refractivity contribution in [1.82, 2.24) is 14.9 Å². The highest BCUT2D eigenvalue weighted by Crippen LogP contribution is 2.26. The summed E-state index contributed by atoms with van der Waals surface area (Å²) in [5.41, 5.74) is 3.43. The van der Waals surface area contributed by atoms with Gasteiger partial charge in [-0.3, -0.25) is 9.69 Å². The van der Waals surface area contributed by atoms with E-state index in [0.29, 0.717) is 34.6 Å². The largest absolute Gasteiger partial charge is 0.612 e. The lowest BCUT2D eigenvalue weighted by Gasteiger charge is -2.25. The molecule has 1 unspecified atom stereocenters. The maximum Gasteiger partial charge on any atom is 0.248 e. The summed E-state index contributed by atoms with van der Waals surface area (Å²) in [6.45, 7) is 4.66. The molecule has 4 rings (SSSR count). The third kappa shape index (κ3) is 10.1. The number of anilines is 5. The molecule has 1 aromatic heterocycles. The quantitative estimate of drug-likeness (QED) is 0.144. The van der Waals surface area contributed by atoms with Crippen LogP contribution in [0.5, 0.6) is 0 Å². The van der Waals surface area contributed by atoms with Gasteiger partial charge in [-0.1, -0.05) is 24.3 Å². The Bertz CT molecular complexity index is 1280. The van der Waals surface area contributed by atoms with Gasteiger partial charge in [0.2, 0.25) is 16.8 Å². The summed E-state index contributed by atoms with van der Waals surface area (Å²) >= 11 is -1.31. The van der Waals surface area contributed by atoms with E-state index >= 15 is 0 Å². The molecule has 1 aliphatic heterocycles. The number of benzene rings is 2. The third-order valence-electron chi connectivity index (χ3n) is 6.47. The van der Waals surface area contributed by atoms with E-state index in [2.05, 4.69) is 43.0 Å². The van der Waals surface area contributed by atoms with Gasteiger partial charge in [0, 0.05) is 56.5 Å². The van der Waals surface area contributed by atoms with Crippen LogP contribution in [0.15, 0.2) is 71.8 Å². The number of aryl methyl sites for hydroxylation is 1. The van der Waals surface area contributed by atoms with E-state index in [9.17, 15) is 9.35 Å². The van der Waals surface area contributed by atoms with Crippen molar-refractivity contribution in [2.45, 2.75) is 24.2 Å². The molecule has 1 saturated heterocycles. The van der Waals surface area contributed by atoms with Gasteiger partial charge in [-0.25, -0.2) is 4.98 Å². The van der Waals surface area contributed by atoms with E-state index in [1.54, 1.807) is 31.7 Å². The number of nitrogens with zero attached hydrogens (tertiary/aromatic N) is 3. The van der Waals surface area contributed by atoms with Crippen LogP contribution in [0, 0.1) is 0 Å². The molecule has 2 aromatic carbocycles. The van der Waals surface area contributed by atoms with Crippen molar-refractivity contribution in [3.63, 3.8) is 0 Å². The first-order chi connectivity index (χ1) is 20.0. The summed E-state index contributed by atoms with van der Waals surface area (Å²) in [7, 11) is 1.72. The molecule has 218 valence electrons. The normalized spacial score (nSPS) is 14.6. The van der Waals surface area contributed by atoms with Gasteiger partial charge in [-0.05, 0) is 66.3 Å². The summed E-state index contributed by atoms with van der Waals surface area (Å²) in [5.74, 6) is 0.594. The fourth-order valence-electron chi connectivity index (χ4n) is 4.28. The second kappa shape index (κ2) is 16.1. The van der Waals surface area contributed by atoms with Crippen molar-refractivity contribution in [2.75, 3.05) is 68.8 Å². The van der Waals surface area contributed by atoms with Crippen molar-refractivity contribution in [3.8, 4) is 0 Å². The molecule has 0 saturated carbocycles. The minimum absolute atomic E-state index is 0.208. The molecule has 11 heteroatoms. The van der Waals surface area contributed by atoms with Crippen LogP contribution in [-0.2, 0) is 31.9 Å². The smallest absolute Gasteiger partial charge is 0.248 e. The van der Waals surface area contributed by atoms with Crippen LogP contribution in [0.2, 0.25) is 0 Å². The summed E-state index contributed by atoms with van der Waals surface area (Å²) in [6.07, 6.45) is 9.65. The Kier molecular flexibility index (Phi) is 12.0. The van der Waals surface area contributed by atoms with Crippen LogP contribution in [-0.4, -0.2) is 78.1 Å². The van der Waals surface area contributed by atoms with Crippen LogP contribution in [0.25, 0.3) is 0 Å². The van der Waals surface area contributed by atoms with Crippen molar-refractivity contribution < 1.29 is 18.8 Å². The number of morpholine rings is 1. The summed E-state index contributed by atoms with van der Waals surface area (Å²) in [5, 5.41) is 9.35. The Morgan fingerprint density at radius 3 is 2.63 bits per heavy atom. The molecule has 0 bridgehead atoms. The topological polar surface area (TPSA) is 124 Å². The van der Waals surface area contributed by atoms with E-state index in [-0.39, 0.29) is 5.91 Å². The number of methoxy groups -OCH3 is 1. The molecule has 1 aliphatic rings. The summed E-state index contributed by atoms with van der Waals surface area (Å²) in [6, 6.07) is 15.5. The Morgan fingerprint density at radius 2 is 1.88 bits per heavy atom. The minimum atomic E-state index is -1.31. The number of unbranched alkanes of at least 4 members (excludes halogenated alkanes) is 1. The highest BCUT2D eigenvalue weighted by atomic mass is 32.2. The lowest BCUT2D eigenvalue weighted by molar-refractivity contribution is -0.111. The first kappa shape index (κ1) is 30.5. The number of carbonyl (C=O) groups is 1. The molecule has 3 aromatic rings. The average molecular weight is 579 g/mol. The van der Waals surface area contributed by atoms with Gasteiger partial charge in [0.05, 0.1) is 19.4 Å². The summed E-state index contributed by atoms with van der Waals surface area (Å²) < 4.78 is 22.9. The molecule has 1 amide bonds. The highest BCUT2D eigenvalue weighted by Gasteiger charge is 2.17. The van der Waals surface area contributed by atoms with Crippen LogP contribution < -0.4 is 16.0 Å². The number of hydrogen-bond acceptors (Lipinski definition) is 9. The zero-order valence-corrected chi connectivity index (χ0v) is 24.4. The second-order valence-electron chi connectivity index (χ2n) is 9.64. The van der Waals surface area contributed by atoms with Crippen molar-refractivity contribution in [2.24, 2.45) is 0 Å². The molecule has 1 fully saturated rings. The Labute approximate surface area is 244 Å². The molecule has 1 atom stereocenters. The van der Waals surface area contributed by atoms with Gasteiger partial charge in [0.25, 0.3) is 0 Å². The van der Waals surface area contributed by atoms with Gasteiger partial charge in [-0.15, -0.1) is 0 Å². The van der Waals surface area contributed by atoms with E-state index in [0.717, 1.165) is 57.9 Å². The van der Waals surface area contributed by atoms with Gasteiger partial charge >= 0.3 is 0 Å². The second-order valence-corrected chi connectivity index (χ2v) is 11.0. The third-order valence-corrected chi connectivity index (χ3v) is 7.39. The number of aromatic nitrogens is 2. The van der Waals surface area contributed by atoms with Gasteiger partial charge < -0.3 is 30.0 Å². The van der Waals surface area contributed by atoms with Gasteiger partial charge in [-0.2, -0.15) is 4.98 Å². The van der Waals surface area contributed by atoms with Crippen molar-refractivity contribution in [1.29, 1.82) is 0 Å². The number of amides is 1. The minimum Gasteiger partial charge on any atom is -0.612 e. The highest BCUT2D eigenvalue weighted by molar-refractivity contribution is 7.90. The molecule has 41 heavy (non-hydrogen) atoms. The molecular formula is C30H38N6O4S. The predicted octanol–water partition coefficient (Wildman–Crippen LogP) is 4.50. The molecule has 0 aliphatic carbocycles. The van der Waals surface area contributed by atoms with Gasteiger partial charge in [0.1, 0.15) is 6.26 Å². The van der Waals surface area contributed by atoms with E-state index in [4.69, 9.17) is 9.47 Å². The number of nitrogens with one attached hydrogen (secondary N) is 3. The van der Waals surface area contributed by atoms with E-state index < -0.39 is 11.2 Å². The van der Waals surface area contributed by atoms with Gasteiger partial charge in [0.15, 0.2) is 5.82 Å². The van der Waals surface area contributed by atoms with Crippen molar-refractivity contribution >= 4 is 45.9 Å². The molecule has 0 spiro atoms. The SMILES string of the molecule is COCCCCc1ccc(Nc2ncc([S+](C)[O-])c(Nc3cccc(NC(=O)/C=C/CN4CCOCC4)c3)n2)cc1. The fourth-order valence-corrected chi connectivity index (χ4v) is 4.85. The number of rotatable bonds is 14. The molecule has 3 N–H and O–H groups in total. The number of ether oxygens (including phenoxy) is 2. The maximum absolute atomic E-state index is 12.4. The molecule has 2 heterocycles. The van der Waals surface area contributed by atoms with E-state index in [1.807, 2.05) is 36.4 Å². The first-order valence-corrected chi connectivity index (χ1v) is 15.3. The number of carbonyl (C=O) groups excluding carboxylic acids is 1. The van der Waals surface area contributed by atoms with Crippen molar-refractivity contribution in [3.05, 3.63) is 72.4 Å². The van der Waals surface area contributed by atoms with Crippen LogP contribution in [0.3, 0.4) is 0 Å². The standard InChI is InChI=1S/C30H38N6O4S/c1-39-18-4-3-7-23-11-13-24(14-12-23)34-30-31-22-27(41(2)38)29(35-30)33-26-9-5-8-25(21-26)32-28(37)10-6-15-36-16-19-40-20-17-36/h5-6,8-14,21-22H,3-4,7,15-20H2,1-2H3,(H,32,37)(H2,31,33,34,35)/b10-6+. The Hall–Kier alpha value is -3.48.